The van der Waals surface area contributed by atoms with Crippen LogP contribution in [0, 0.1) is 12.8 Å². The molecular formula is C20H24BrN7O3. The molecule has 1 aliphatic carbocycles. The van der Waals surface area contributed by atoms with Gasteiger partial charge in [-0.05, 0) is 60.7 Å². The fourth-order valence-electron chi connectivity index (χ4n) is 3.88. The molecule has 3 aromatic heterocycles. The molecule has 31 heavy (non-hydrogen) atoms. The van der Waals surface area contributed by atoms with Crippen molar-refractivity contribution in [2.24, 2.45) is 13.0 Å². The van der Waals surface area contributed by atoms with Crippen molar-refractivity contribution in [2.75, 3.05) is 7.11 Å². The summed E-state index contributed by atoms with van der Waals surface area (Å²) in [6.45, 7) is 2.37. The van der Waals surface area contributed by atoms with Crippen molar-refractivity contribution >= 4 is 21.9 Å². The molecule has 10 nitrogen and oxygen atoms in total. The maximum absolute atomic E-state index is 11.9. The molecule has 0 N–H and O–H groups in total. The quantitative estimate of drug-likeness (QED) is 0.486. The Labute approximate surface area is 188 Å². The lowest BCUT2D eigenvalue weighted by Gasteiger charge is -2.28. The fourth-order valence-corrected chi connectivity index (χ4v) is 4.18. The Morgan fingerprint density at radius 1 is 1.26 bits per heavy atom. The Morgan fingerprint density at radius 3 is 2.81 bits per heavy atom. The lowest BCUT2D eigenvalue weighted by atomic mass is 9.87. The van der Waals surface area contributed by atoms with Crippen molar-refractivity contribution in [1.82, 2.24) is 35.0 Å². The van der Waals surface area contributed by atoms with Gasteiger partial charge in [0.15, 0.2) is 0 Å². The van der Waals surface area contributed by atoms with Gasteiger partial charge in [0, 0.05) is 7.05 Å². The van der Waals surface area contributed by atoms with E-state index in [1.54, 1.807) is 15.6 Å². The van der Waals surface area contributed by atoms with Crippen LogP contribution in [0.5, 0.6) is 5.75 Å². The fraction of sp³-hybridized carbons (Fsp3) is 0.500. The number of halogens is 1. The van der Waals surface area contributed by atoms with E-state index in [-0.39, 0.29) is 18.0 Å². The SMILES string of the molecule is COC(=O)[C@H]1CCC[C@H](Oc2ccc(-c3nnn(C)c3Cn3cc(Br)nn3)nc2C)C1. The third-order valence-electron chi connectivity index (χ3n) is 5.50. The van der Waals surface area contributed by atoms with Crippen LogP contribution in [-0.2, 0) is 23.1 Å². The minimum Gasteiger partial charge on any atom is -0.489 e. The number of methoxy groups -OCH3 is 1. The third kappa shape index (κ3) is 4.76. The second-order valence-corrected chi connectivity index (χ2v) is 8.47. The summed E-state index contributed by atoms with van der Waals surface area (Å²) >= 11 is 3.31. The molecule has 2 atom stereocenters. The molecule has 0 aromatic carbocycles. The number of pyridine rings is 1. The van der Waals surface area contributed by atoms with E-state index >= 15 is 0 Å². The lowest BCUT2D eigenvalue weighted by molar-refractivity contribution is -0.147. The van der Waals surface area contributed by atoms with Crippen LogP contribution in [0.25, 0.3) is 11.4 Å². The molecule has 3 aromatic rings. The number of hydrogen-bond donors (Lipinski definition) is 0. The van der Waals surface area contributed by atoms with Gasteiger partial charge in [-0.1, -0.05) is 10.4 Å². The second-order valence-electron chi connectivity index (χ2n) is 7.65. The van der Waals surface area contributed by atoms with E-state index in [4.69, 9.17) is 14.5 Å². The van der Waals surface area contributed by atoms with Gasteiger partial charge in [-0.25, -0.2) is 14.3 Å². The summed E-state index contributed by atoms with van der Waals surface area (Å²) in [7, 11) is 3.27. The van der Waals surface area contributed by atoms with Gasteiger partial charge >= 0.3 is 5.97 Å². The monoisotopic (exact) mass is 489 g/mol. The van der Waals surface area contributed by atoms with Crippen molar-refractivity contribution in [3.8, 4) is 17.1 Å². The standard InChI is InChI=1S/C20H24BrN7O3/c1-12-17(31-14-6-4-5-13(9-14)20(29)30-3)8-7-15(22-12)19-16(27(2)25-24-19)10-28-11-18(21)23-26-28/h7-8,11,13-14H,4-6,9-10H2,1-3H3/t13-,14-/m0/s1. The maximum atomic E-state index is 11.9. The molecule has 11 heteroatoms. The molecule has 0 radical (unpaired) electrons. The molecule has 1 fully saturated rings. The van der Waals surface area contributed by atoms with Crippen LogP contribution in [-0.4, -0.2) is 54.2 Å². The molecule has 3 heterocycles. The Bertz CT molecular complexity index is 1080. The van der Waals surface area contributed by atoms with Gasteiger partial charge in [0.25, 0.3) is 0 Å². The molecule has 1 aliphatic rings. The van der Waals surface area contributed by atoms with E-state index in [9.17, 15) is 4.79 Å². The summed E-state index contributed by atoms with van der Waals surface area (Å²) in [4.78, 5) is 16.6. The number of carbonyl (C=O) groups excluding carboxylic acids is 1. The van der Waals surface area contributed by atoms with Crippen LogP contribution >= 0.6 is 15.9 Å². The normalized spacial score (nSPS) is 18.7. The number of carbonyl (C=O) groups is 1. The van der Waals surface area contributed by atoms with Crippen molar-refractivity contribution in [2.45, 2.75) is 45.3 Å². The summed E-state index contributed by atoms with van der Waals surface area (Å²) in [5, 5.41) is 16.5. The first-order chi connectivity index (χ1) is 14.9. The van der Waals surface area contributed by atoms with Crippen molar-refractivity contribution in [3.05, 3.63) is 34.3 Å². The highest BCUT2D eigenvalue weighted by Gasteiger charge is 2.29. The van der Waals surface area contributed by atoms with E-state index in [1.165, 1.54) is 7.11 Å². The number of hydrogen-bond acceptors (Lipinski definition) is 8. The summed E-state index contributed by atoms with van der Waals surface area (Å²) < 4.78 is 15.2. The minimum absolute atomic E-state index is 0.0259. The third-order valence-corrected chi connectivity index (χ3v) is 5.86. The highest BCUT2D eigenvalue weighted by Crippen LogP contribution is 2.31. The van der Waals surface area contributed by atoms with Crippen molar-refractivity contribution in [1.29, 1.82) is 0 Å². The zero-order chi connectivity index (χ0) is 22.0. The number of ether oxygens (including phenoxy) is 2. The van der Waals surface area contributed by atoms with Gasteiger partial charge in [-0.2, -0.15) is 0 Å². The minimum atomic E-state index is -0.159. The van der Waals surface area contributed by atoms with Gasteiger partial charge in [0.05, 0.1) is 49.0 Å². The first-order valence-electron chi connectivity index (χ1n) is 10.1. The largest absolute Gasteiger partial charge is 0.489 e. The van der Waals surface area contributed by atoms with E-state index in [2.05, 4.69) is 36.6 Å². The summed E-state index contributed by atoms with van der Waals surface area (Å²) in [5.41, 5.74) is 3.03. The average Bonchev–Trinajstić information content (AvgIpc) is 3.35. The predicted molar refractivity (Wildman–Crippen MR) is 114 cm³/mol. The van der Waals surface area contributed by atoms with E-state index in [0.29, 0.717) is 34.7 Å². The molecule has 164 valence electrons. The van der Waals surface area contributed by atoms with Crippen molar-refractivity contribution < 1.29 is 14.3 Å². The number of aromatic nitrogens is 7. The summed E-state index contributed by atoms with van der Waals surface area (Å²) in [5.74, 6) is 0.452. The Balaban J connectivity index is 1.51. The molecular weight excluding hydrogens is 466 g/mol. The molecule has 0 unspecified atom stereocenters. The summed E-state index contributed by atoms with van der Waals surface area (Å²) in [6.07, 6.45) is 5.13. The first kappa shape index (κ1) is 21.4. The maximum Gasteiger partial charge on any atom is 0.308 e. The molecule has 0 spiro atoms. The molecule has 0 amide bonds. The number of aryl methyl sites for hydroxylation is 2. The van der Waals surface area contributed by atoms with Gasteiger partial charge in [0.1, 0.15) is 16.0 Å². The molecule has 1 saturated carbocycles. The first-order valence-corrected chi connectivity index (χ1v) is 10.9. The van der Waals surface area contributed by atoms with E-state index < -0.39 is 0 Å². The zero-order valence-corrected chi connectivity index (χ0v) is 19.2. The molecule has 0 saturated heterocycles. The second kappa shape index (κ2) is 9.13. The topological polar surface area (TPSA) is 110 Å². The van der Waals surface area contributed by atoms with Crippen LogP contribution in [0.15, 0.2) is 22.9 Å². The van der Waals surface area contributed by atoms with E-state index in [1.807, 2.05) is 26.1 Å². The average molecular weight is 490 g/mol. The molecule has 4 rings (SSSR count). The van der Waals surface area contributed by atoms with Gasteiger partial charge in [-0.3, -0.25) is 4.79 Å². The van der Waals surface area contributed by atoms with Gasteiger partial charge in [0.2, 0.25) is 0 Å². The molecule has 0 bridgehead atoms. The lowest BCUT2D eigenvalue weighted by Crippen LogP contribution is -2.30. The number of rotatable bonds is 6. The highest BCUT2D eigenvalue weighted by molar-refractivity contribution is 9.10. The van der Waals surface area contributed by atoms with Crippen LogP contribution < -0.4 is 4.74 Å². The smallest absolute Gasteiger partial charge is 0.308 e. The van der Waals surface area contributed by atoms with E-state index in [0.717, 1.165) is 30.7 Å². The number of esters is 1. The Hall–Kier alpha value is -2.82. The Kier molecular flexibility index (Phi) is 6.30. The highest BCUT2D eigenvalue weighted by atomic mass is 79.9. The summed E-state index contributed by atoms with van der Waals surface area (Å²) in [6, 6.07) is 3.79. The van der Waals surface area contributed by atoms with Gasteiger partial charge < -0.3 is 9.47 Å². The van der Waals surface area contributed by atoms with Crippen molar-refractivity contribution in [3.63, 3.8) is 0 Å². The van der Waals surface area contributed by atoms with Crippen LogP contribution in [0.1, 0.15) is 37.1 Å². The molecule has 0 aliphatic heterocycles. The van der Waals surface area contributed by atoms with Crippen LogP contribution in [0.4, 0.5) is 0 Å². The van der Waals surface area contributed by atoms with Crippen LogP contribution in [0.3, 0.4) is 0 Å². The van der Waals surface area contributed by atoms with Gasteiger partial charge in [-0.15, -0.1) is 10.2 Å². The zero-order valence-electron chi connectivity index (χ0n) is 17.7. The predicted octanol–water partition coefficient (Wildman–Crippen LogP) is 2.70. The van der Waals surface area contributed by atoms with Crippen LogP contribution in [0.2, 0.25) is 0 Å². The number of nitrogens with zero attached hydrogens (tertiary/aromatic N) is 7. The Morgan fingerprint density at radius 2 is 2.10 bits per heavy atom.